The van der Waals surface area contributed by atoms with Crippen LogP contribution in [0, 0.1) is 5.92 Å². The van der Waals surface area contributed by atoms with Gasteiger partial charge in [-0.1, -0.05) is 30.3 Å². The molecule has 3 aromatic rings. The maximum Gasteiger partial charge on any atom is 0.322 e. The number of hydrogen-bond donors (Lipinski definition) is 2. The molecule has 3 aliphatic rings. The van der Waals surface area contributed by atoms with Crippen molar-refractivity contribution in [3.63, 3.8) is 0 Å². The quantitative estimate of drug-likeness (QED) is 0.581. The third-order valence-corrected chi connectivity index (χ3v) is 7.72. The van der Waals surface area contributed by atoms with Crippen LogP contribution in [0.2, 0.25) is 0 Å². The van der Waals surface area contributed by atoms with Gasteiger partial charge in [-0.3, -0.25) is 4.79 Å². The molecular formula is C29H33N5O2. The van der Waals surface area contributed by atoms with Crippen molar-refractivity contribution in [2.75, 3.05) is 39.0 Å². The van der Waals surface area contributed by atoms with Crippen LogP contribution >= 0.6 is 0 Å². The fourth-order valence-electron chi connectivity index (χ4n) is 6.04. The number of H-pyrrole nitrogens is 1. The van der Waals surface area contributed by atoms with Crippen LogP contribution in [0.1, 0.15) is 29.5 Å². The highest BCUT2D eigenvalue weighted by molar-refractivity contribution is 6.01. The number of urea groups is 1. The first-order valence-corrected chi connectivity index (χ1v) is 12.9. The maximum absolute atomic E-state index is 13.7. The second-order valence-corrected chi connectivity index (χ2v) is 10.5. The van der Waals surface area contributed by atoms with Gasteiger partial charge >= 0.3 is 6.03 Å². The summed E-state index contributed by atoms with van der Waals surface area (Å²) in [6, 6.07) is 14.0. The molecule has 0 bridgehead atoms. The van der Waals surface area contributed by atoms with Gasteiger partial charge in [-0.2, -0.15) is 0 Å². The molecule has 186 valence electrons. The maximum atomic E-state index is 13.7. The Kier molecular flexibility index (Phi) is 5.80. The average Bonchev–Trinajstić information content (AvgIpc) is 3.56. The summed E-state index contributed by atoms with van der Waals surface area (Å²) in [4.78, 5) is 36.5. The van der Waals surface area contributed by atoms with Gasteiger partial charge in [0.25, 0.3) is 0 Å². The number of hydrogen-bond acceptors (Lipinski definition) is 3. The first-order valence-electron chi connectivity index (χ1n) is 12.9. The van der Waals surface area contributed by atoms with Crippen LogP contribution < -0.4 is 5.32 Å². The van der Waals surface area contributed by atoms with Crippen LogP contribution in [0.3, 0.4) is 0 Å². The molecule has 36 heavy (non-hydrogen) atoms. The molecule has 2 aliphatic heterocycles. The number of carbonyl (C=O) groups is 2. The van der Waals surface area contributed by atoms with E-state index in [1.54, 1.807) is 0 Å². The normalized spacial score (nSPS) is 21.0. The van der Waals surface area contributed by atoms with E-state index in [2.05, 4.69) is 39.6 Å². The monoisotopic (exact) mass is 483 g/mol. The van der Waals surface area contributed by atoms with Gasteiger partial charge in [-0.25, -0.2) is 4.79 Å². The van der Waals surface area contributed by atoms with E-state index in [9.17, 15) is 9.59 Å². The molecule has 0 unspecified atom stereocenters. The summed E-state index contributed by atoms with van der Waals surface area (Å²) in [7, 11) is 4.08. The minimum Gasteiger partial charge on any atom is -0.361 e. The van der Waals surface area contributed by atoms with Crippen molar-refractivity contribution in [2.45, 2.75) is 31.8 Å². The summed E-state index contributed by atoms with van der Waals surface area (Å²) in [6.45, 7) is 2.86. The van der Waals surface area contributed by atoms with Gasteiger partial charge in [-0.05, 0) is 73.8 Å². The Bertz CT molecular complexity index is 1330. The molecule has 1 saturated heterocycles. The van der Waals surface area contributed by atoms with E-state index >= 15 is 0 Å². The Labute approximate surface area is 211 Å². The van der Waals surface area contributed by atoms with Gasteiger partial charge in [0, 0.05) is 49.0 Å². The van der Waals surface area contributed by atoms with Gasteiger partial charge < -0.3 is 25.0 Å². The van der Waals surface area contributed by atoms with Gasteiger partial charge in [0.15, 0.2) is 0 Å². The smallest absolute Gasteiger partial charge is 0.322 e. The first-order chi connectivity index (χ1) is 17.5. The number of carbonyl (C=O) groups excluding carboxylic acids is 2. The summed E-state index contributed by atoms with van der Waals surface area (Å²) < 4.78 is 0. The van der Waals surface area contributed by atoms with E-state index < -0.39 is 0 Å². The Balaban J connectivity index is 1.32. The van der Waals surface area contributed by atoms with E-state index in [1.165, 1.54) is 16.5 Å². The number of aromatic nitrogens is 1. The first kappa shape index (κ1) is 22.9. The Morgan fingerprint density at radius 2 is 1.86 bits per heavy atom. The van der Waals surface area contributed by atoms with E-state index in [0.29, 0.717) is 6.54 Å². The topological polar surface area (TPSA) is 71.7 Å². The molecule has 1 fully saturated rings. The SMILES string of the molecule is CN(C)Cc1ccc(NC(=O)N2C[C@H](C(=O)N3CCCC3)C=C3c4cccc5[nH]cc(c45)C[C@H]32)cc1. The van der Waals surface area contributed by atoms with E-state index in [4.69, 9.17) is 0 Å². The fourth-order valence-corrected chi connectivity index (χ4v) is 6.04. The summed E-state index contributed by atoms with van der Waals surface area (Å²) in [5.41, 5.74) is 6.50. The van der Waals surface area contributed by atoms with Gasteiger partial charge in [0.1, 0.15) is 0 Å². The van der Waals surface area contributed by atoms with Gasteiger partial charge in [0.05, 0.1) is 12.0 Å². The number of benzene rings is 2. The van der Waals surface area contributed by atoms with Crippen LogP contribution in [0.5, 0.6) is 0 Å². The highest BCUT2D eigenvalue weighted by atomic mass is 16.2. The predicted octanol–water partition coefficient (Wildman–Crippen LogP) is 4.32. The molecule has 6 rings (SSSR count). The molecule has 2 N–H and O–H groups in total. The lowest BCUT2D eigenvalue weighted by molar-refractivity contribution is -0.133. The largest absolute Gasteiger partial charge is 0.361 e. The van der Waals surface area contributed by atoms with Crippen molar-refractivity contribution in [1.29, 1.82) is 0 Å². The zero-order valence-electron chi connectivity index (χ0n) is 21.0. The lowest BCUT2D eigenvalue weighted by atomic mass is 9.79. The molecule has 2 atom stereocenters. The van der Waals surface area contributed by atoms with Crippen molar-refractivity contribution < 1.29 is 9.59 Å². The zero-order valence-corrected chi connectivity index (χ0v) is 21.0. The van der Waals surface area contributed by atoms with Crippen molar-refractivity contribution in [2.24, 2.45) is 5.92 Å². The molecule has 1 aromatic heterocycles. The van der Waals surface area contributed by atoms with Crippen LogP contribution in [0.15, 0.2) is 54.7 Å². The molecule has 3 heterocycles. The minimum atomic E-state index is -0.335. The zero-order chi connectivity index (χ0) is 24.8. The number of fused-ring (bicyclic) bond motifs is 2. The molecule has 7 nitrogen and oxygen atoms in total. The minimum absolute atomic E-state index is 0.102. The highest BCUT2D eigenvalue weighted by Gasteiger charge is 2.40. The Hall–Kier alpha value is -3.58. The third kappa shape index (κ3) is 4.07. The molecule has 3 amide bonds. The third-order valence-electron chi connectivity index (χ3n) is 7.72. The molecule has 0 saturated carbocycles. The Morgan fingerprint density at radius 3 is 2.61 bits per heavy atom. The molecular weight excluding hydrogens is 450 g/mol. The lowest BCUT2D eigenvalue weighted by Gasteiger charge is -2.42. The van der Waals surface area contributed by atoms with Crippen LogP contribution in [-0.4, -0.2) is 71.4 Å². The number of likely N-dealkylation sites (tertiary alicyclic amines) is 1. The average molecular weight is 484 g/mol. The van der Waals surface area contributed by atoms with Crippen LogP contribution in [0.25, 0.3) is 16.5 Å². The fraction of sp³-hybridized carbons (Fsp3) is 0.379. The van der Waals surface area contributed by atoms with Crippen LogP contribution in [-0.2, 0) is 17.8 Å². The van der Waals surface area contributed by atoms with E-state index in [1.807, 2.05) is 54.2 Å². The summed E-state index contributed by atoms with van der Waals surface area (Å²) in [5.74, 6) is -0.199. The van der Waals surface area contributed by atoms with Gasteiger partial charge in [0.2, 0.25) is 5.91 Å². The molecule has 2 aromatic carbocycles. The van der Waals surface area contributed by atoms with Crippen molar-refractivity contribution >= 4 is 34.1 Å². The second-order valence-electron chi connectivity index (χ2n) is 10.5. The Morgan fingerprint density at radius 1 is 1.08 bits per heavy atom. The van der Waals surface area contributed by atoms with E-state index in [0.717, 1.165) is 61.2 Å². The highest BCUT2D eigenvalue weighted by Crippen LogP contribution is 2.41. The summed E-state index contributed by atoms with van der Waals surface area (Å²) >= 11 is 0. The summed E-state index contributed by atoms with van der Waals surface area (Å²) in [5, 5.41) is 4.32. The second kappa shape index (κ2) is 9.13. The number of amides is 3. The van der Waals surface area contributed by atoms with Crippen molar-refractivity contribution in [3.8, 4) is 0 Å². The lowest BCUT2D eigenvalue weighted by Crippen LogP contribution is -2.52. The number of nitrogens with one attached hydrogen (secondary N) is 2. The standard InChI is InChI=1S/C29H33N5O2/c1-32(2)17-19-8-10-22(11-9-19)31-29(36)34-18-21(28(35)33-12-3-4-13-33)14-24-23-6-5-7-25-27(23)20(16-30-25)15-26(24)34/h5-11,14,16,21,26,30H,3-4,12-13,15,17-18H2,1-2H3,(H,31,36)/t21-,26-/m1/s1. The van der Waals surface area contributed by atoms with E-state index in [-0.39, 0.29) is 23.9 Å². The molecule has 0 spiro atoms. The number of aromatic amines is 1. The van der Waals surface area contributed by atoms with Crippen molar-refractivity contribution in [1.82, 2.24) is 19.7 Å². The number of nitrogens with zero attached hydrogens (tertiary/aromatic N) is 3. The number of anilines is 1. The molecule has 1 aliphatic carbocycles. The molecule has 0 radical (unpaired) electrons. The van der Waals surface area contributed by atoms with Gasteiger partial charge in [-0.15, -0.1) is 0 Å². The summed E-state index contributed by atoms with van der Waals surface area (Å²) in [6.07, 6.45) is 7.06. The van der Waals surface area contributed by atoms with Crippen molar-refractivity contribution in [3.05, 3.63) is 71.4 Å². The number of rotatable bonds is 4. The van der Waals surface area contributed by atoms with Crippen LogP contribution in [0.4, 0.5) is 10.5 Å². The predicted molar refractivity (Wildman–Crippen MR) is 143 cm³/mol. The molecule has 7 heteroatoms.